The maximum absolute atomic E-state index is 5.63. The molecule has 2 N–H and O–H groups in total. The van der Waals surface area contributed by atoms with Gasteiger partial charge in [0.25, 0.3) is 0 Å². The van der Waals surface area contributed by atoms with Crippen LogP contribution in [-0.4, -0.2) is 32.2 Å². The smallest absolute Gasteiger partial charge is 0.191 e. The fourth-order valence-corrected chi connectivity index (χ4v) is 1.72. The van der Waals surface area contributed by atoms with E-state index in [1.165, 1.54) is 12.8 Å². The summed E-state index contributed by atoms with van der Waals surface area (Å²) >= 11 is 0. The van der Waals surface area contributed by atoms with Crippen molar-refractivity contribution in [2.75, 3.05) is 26.2 Å². The van der Waals surface area contributed by atoms with Gasteiger partial charge in [-0.15, -0.1) is 0 Å². The van der Waals surface area contributed by atoms with Crippen LogP contribution >= 0.6 is 0 Å². The van der Waals surface area contributed by atoms with Gasteiger partial charge in [-0.2, -0.15) is 0 Å². The molecule has 0 aromatic heterocycles. The van der Waals surface area contributed by atoms with Crippen LogP contribution in [0, 0.1) is 5.92 Å². The molecule has 0 bridgehead atoms. The number of benzene rings is 1. The standard InChI is InChI=1S/C15H23N3O/c1-2-16-15(18-12-13-8-9-13)17-10-11-19-14-6-4-3-5-7-14/h3-7,13H,2,8-12H2,1H3,(H2,16,17,18). The van der Waals surface area contributed by atoms with E-state index in [4.69, 9.17) is 4.74 Å². The van der Waals surface area contributed by atoms with E-state index in [0.717, 1.165) is 37.3 Å². The van der Waals surface area contributed by atoms with Crippen LogP contribution in [0.3, 0.4) is 0 Å². The average Bonchev–Trinajstić information content (AvgIpc) is 3.26. The first-order valence-corrected chi connectivity index (χ1v) is 7.08. The van der Waals surface area contributed by atoms with Crippen LogP contribution in [0.15, 0.2) is 35.3 Å². The summed E-state index contributed by atoms with van der Waals surface area (Å²) in [7, 11) is 0. The van der Waals surface area contributed by atoms with Gasteiger partial charge < -0.3 is 15.4 Å². The number of guanidine groups is 1. The summed E-state index contributed by atoms with van der Waals surface area (Å²) in [5.41, 5.74) is 0. The summed E-state index contributed by atoms with van der Waals surface area (Å²) in [5.74, 6) is 2.62. The average molecular weight is 261 g/mol. The van der Waals surface area contributed by atoms with Crippen molar-refractivity contribution in [1.82, 2.24) is 10.6 Å². The molecule has 104 valence electrons. The molecule has 0 radical (unpaired) electrons. The molecule has 4 heteroatoms. The number of hydrogen-bond acceptors (Lipinski definition) is 2. The Morgan fingerprint density at radius 2 is 2.05 bits per heavy atom. The second kappa shape index (κ2) is 7.67. The van der Waals surface area contributed by atoms with Crippen molar-refractivity contribution in [3.8, 4) is 5.75 Å². The fraction of sp³-hybridized carbons (Fsp3) is 0.533. The Hall–Kier alpha value is -1.71. The van der Waals surface area contributed by atoms with Crippen molar-refractivity contribution in [2.45, 2.75) is 19.8 Å². The molecule has 1 aliphatic carbocycles. The molecule has 1 aromatic rings. The highest BCUT2D eigenvalue weighted by Crippen LogP contribution is 2.28. The SMILES string of the molecule is CCNC(=NCC1CC1)NCCOc1ccccc1. The van der Waals surface area contributed by atoms with E-state index in [9.17, 15) is 0 Å². The van der Waals surface area contributed by atoms with Crippen molar-refractivity contribution in [3.05, 3.63) is 30.3 Å². The molecule has 0 amide bonds. The number of nitrogens with zero attached hydrogens (tertiary/aromatic N) is 1. The molecule has 19 heavy (non-hydrogen) atoms. The Labute approximate surface area is 115 Å². The minimum atomic E-state index is 0.637. The van der Waals surface area contributed by atoms with Crippen LogP contribution in [0.25, 0.3) is 0 Å². The molecule has 0 aliphatic heterocycles. The lowest BCUT2D eigenvalue weighted by atomic mass is 10.3. The van der Waals surface area contributed by atoms with E-state index in [1.807, 2.05) is 30.3 Å². The van der Waals surface area contributed by atoms with Gasteiger partial charge in [-0.25, -0.2) is 0 Å². The first kappa shape index (κ1) is 13.7. The van der Waals surface area contributed by atoms with Crippen LogP contribution in [0.5, 0.6) is 5.75 Å². The minimum Gasteiger partial charge on any atom is -0.492 e. The second-order valence-corrected chi connectivity index (χ2v) is 4.75. The Morgan fingerprint density at radius 1 is 1.26 bits per heavy atom. The Morgan fingerprint density at radius 3 is 2.74 bits per heavy atom. The molecule has 1 fully saturated rings. The predicted octanol–water partition coefficient (Wildman–Crippen LogP) is 2.03. The molecule has 0 unspecified atom stereocenters. The fourth-order valence-electron chi connectivity index (χ4n) is 1.72. The molecule has 2 rings (SSSR count). The van der Waals surface area contributed by atoms with E-state index in [2.05, 4.69) is 22.5 Å². The van der Waals surface area contributed by atoms with E-state index in [1.54, 1.807) is 0 Å². The highest BCUT2D eigenvalue weighted by Gasteiger charge is 2.20. The third-order valence-corrected chi connectivity index (χ3v) is 2.96. The Balaban J connectivity index is 1.65. The molecule has 0 saturated heterocycles. The van der Waals surface area contributed by atoms with Crippen LogP contribution in [0.1, 0.15) is 19.8 Å². The van der Waals surface area contributed by atoms with Gasteiger partial charge >= 0.3 is 0 Å². The minimum absolute atomic E-state index is 0.637. The third kappa shape index (κ3) is 5.64. The summed E-state index contributed by atoms with van der Waals surface area (Å²) in [6, 6.07) is 9.87. The molecular formula is C15H23N3O. The quantitative estimate of drug-likeness (QED) is 0.448. The Bertz CT molecular complexity index is 388. The highest BCUT2D eigenvalue weighted by atomic mass is 16.5. The van der Waals surface area contributed by atoms with Crippen molar-refractivity contribution in [1.29, 1.82) is 0 Å². The van der Waals surface area contributed by atoms with Crippen molar-refractivity contribution >= 4 is 5.96 Å². The molecular weight excluding hydrogens is 238 g/mol. The van der Waals surface area contributed by atoms with Crippen molar-refractivity contribution < 1.29 is 4.74 Å². The maximum atomic E-state index is 5.63. The van der Waals surface area contributed by atoms with Gasteiger partial charge in [0, 0.05) is 13.1 Å². The molecule has 0 heterocycles. The zero-order valence-electron chi connectivity index (χ0n) is 11.6. The number of nitrogens with one attached hydrogen (secondary N) is 2. The zero-order valence-corrected chi connectivity index (χ0v) is 11.6. The van der Waals surface area contributed by atoms with Gasteiger partial charge in [0.2, 0.25) is 0 Å². The monoisotopic (exact) mass is 261 g/mol. The van der Waals surface area contributed by atoms with Crippen molar-refractivity contribution in [3.63, 3.8) is 0 Å². The van der Waals surface area contributed by atoms with E-state index in [-0.39, 0.29) is 0 Å². The van der Waals surface area contributed by atoms with Crippen LogP contribution < -0.4 is 15.4 Å². The second-order valence-electron chi connectivity index (χ2n) is 4.75. The molecule has 0 spiro atoms. The maximum Gasteiger partial charge on any atom is 0.191 e. The lowest BCUT2D eigenvalue weighted by Gasteiger charge is -2.12. The summed E-state index contributed by atoms with van der Waals surface area (Å²) < 4.78 is 5.63. The topological polar surface area (TPSA) is 45.7 Å². The van der Waals surface area contributed by atoms with Gasteiger partial charge in [-0.05, 0) is 37.8 Å². The van der Waals surface area contributed by atoms with E-state index < -0.39 is 0 Å². The molecule has 4 nitrogen and oxygen atoms in total. The van der Waals surface area contributed by atoms with E-state index >= 15 is 0 Å². The van der Waals surface area contributed by atoms with Crippen LogP contribution in [0.2, 0.25) is 0 Å². The number of aliphatic imine (C=N–C) groups is 1. The van der Waals surface area contributed by atoms with Gasteiger partial charge in [-0.1, -0.05) is 18.2 Å². The van der Waals surface area contributed by atoms with Crippen molar-refractivity contribution in [2.24, 2.45) is 10.9 Å². The van der Waals surface area contributed by atoms with Crippen LogP contribution in [0.4, 0.5) is 0 Å². The molecule has 1 saturated carbocycles. The van der Waals surface area contributed by atoms with Crippen LogP contribution in [-0.2, 0) is 0 Å². The number of ether oxygens (including phenoxy) is 1. The van der Waals surface area contributed by atoms with E-state index in [0.29, 0.717) is 6.61 Å². The summed E-state index contributed by atoms with van der Waals surface area (Å²) in [4.78, 5) is 4.56. The summed E-state index contributed by atoms with van der Waals surface area (Å²) in [5, 5.41) is 6.54. The summed E-state index contributed by atoms with van der Waals surface area (Å²) in [6.45, 7) is 5.29. The normalized spacial score (nSPS) is 15.1. The van der Waals surface area contributed by atoms with Gasteiger partial charge in [0.1, 0.15) is 12.4 Å². The molecule has 0 atom stereocenters. The highest BCUT2D eigenvalue weighted by molar-refractivity contribution is 5.79. The van der Waals surface area contributed by atoms with Gasteiger partial charge in [0.05, 0.1) is 6.54 Å². The molecule has 1 aromatic carbocycles. The summed E-state index contributed by atoms with van der Waals surface area (Å²) in [6.07, 6.45) is 2.67. The number of hydrogen-bond donors (Lipinski definition) is 2. The first-order valence-electron chi connectivity index (χ1n) is 7.08. The van der Waals surface area contributed by atoms with Gasteiger partial charge in [-0.3, -0.25) is 4.99 Å². The predicted molar refractivity (Wildman–Crippen MR) is 78.6 cm³/mol. The Kier molecular flexibility index (Phi) is 5.53. The number of rotatable bonds is 7. The largest absolute Gasteiger partial charge is 0.492 e. The molecule has 1 aliphatic rings. The lowest BCUT2D eigenvalue weighted by Crippen LogP contribution is -2.39. The van der Waals surface area contributed by atoms with Gasteiger partial charge in [0.15, 0.2) is 5.96 Å². The third-order valence-electron chi connectivity index (χ3n) is 2.96. The number of para-hydroxylation sites is 1. The first-order chi connectivity index (χ1) is 9.38. The lowest BCUT2D eigenvalue weighted by molar-refractivity contribution is 0.322. The zero-order chi connectivity index (χ0) is 13.3.